The third-order valence-electron chi connectivity index (χ3n) is 6.59. The minimum atomic E-state index is -0.864. The summed E-state index contributed by atoms with van der Waals surface area (Å²) < 4.78 is 11.8. The minimum Gasteiger partial charge on any atom is -0.461 e. The van der Waals surface area contributed by atoms with Gasteiger partial charge in [0.15, 0.2) is 11.6 Å². The maximum atomic E-state index is 13.1. The van der Waals surface area contributed by atoms with Gasteiger partial charge in [0.25, 0.3) is 0 Å². The second-order valence-electron chi connectivity index (χ2n) is 9.05. The van der Waals surface area contributed by atoms with Gasteiger partial charge in [-0.05, 0) is 57.1 Å². The van der Waals surface area contributed by atoms with Crippen molar-refractivity contribution in [2.45, 2.75) is 90.1 Å². The summed E-state index contributed by atoms with van der Waals surface area (Å²) in [5.74, 6) is -1.95. The molecular weight excluding hydrogens is 360 g/mol. The van der Waals surface area contributed by atoms with Gasteiger partial charge in [-0.2, -0.15) is 0 Å². The van der Waals surface area contributed by atoms with E-state index in [1.165, 1.54) is 0 Å². The third kappa shape index (κ3) is 4.08. The van der Waals surface area contributed by atoms with E-state index in [9.17, 15) is 19.5 Å². The average Bonchev–Trinajstić information content (AvgIpc) is 2.92. The maximum Gasteiger partial charge on any atom is 0.316 e. The van der Waals surface area contributed by atoms with E-state index < -0.39 is 41.7 Å². The van der Waals surface area contributed by atoms with Crippen LogP contribution in [-0.4, -0.2) is 46.6 Å². The van der Waals surface area contributed by atoms with Crippen LogP contribution in [0.25, 0.3) is 0 Å². The molecule has 0 amide bonds. The molecule has 0 aromatic carbocycles. The molecule has 4 rings (SSSR count). The predicted octanol–water partition coefficient (Wildman–Crippen LogP) is 2.76. The molecule has 2 fully saturated rings. The maximum absolute atomic E-state index is 13.1. The van der Waals surface area contributed by atoms with Crippen molar-refractivity contribution in [1.29, 1.82) is 0 Å². The first-order chi connectivity index (χ1) is 13.1. The number of hydrogen-bond donors (Lipinski definition) is 1. The summed E-state index contributed by atoms with van der Waals surface area (Å²) in [6.45, 7) is 7.62. The van der Waals surface area contributed by atoms with E-state index in [0.717, 1.165) is 12.8 Å². The van der Waals surface area contributed by atoms with Gasteiger partial charge in [-0.25, -0.2) is 0 Å². The first-order valence-corrected chi connectivity index (χ1v) is 10.5. The summed E-state index contributed by atoms with van der Waals surface area (Å²) in [6, 6.07) is 0. The lowest BCUT2D eigenvalue weighted by atomic mass is 9.78. The first kappa shape index (κ1) is 21.2. The van der Waals surface area contributed by atoms with Crippen molar-refractivity contribution in [1.82, 2.24) is 0 Å². The smallest absolute Gasteiger partial charge is 0.316 e. The molecule has 28 heavy (non-hydrogen) atoms. The molecule has 0 spiro atoms. The number of allylic oxidation sites excluding steroid dienone is 1. The normalized spacial score (nSPS) is 42.2. The zero-order valence-corrected chi connectivity index (χ0v) is 17.3. The van der Waals surface area contributed by atoms with Crippen molar-refractivity contribution >= 4 is 17.5 Å². The highest BCUT2D eigenvalue weighted by Crippen LogP contribution is 2.42. The van der Waals surface area contributed by atoms with Gasteiger partial charge in [-0.3, -0.25) is 14.4 Å². The molecular formula is C22H32O6. The van der Waals surface area contributed by atoms with Crippen LogP contribution >= 0.6 is 0 Å². The van der Waals surface area contributed by atoms with Gasteiger partial charge in [0.1, 0.15) is 12.0 Å². The Morgan fingerprint density at radius 1 is 1.29 bits per heavy atom. The topological polar surface area (TPSA) is 89.9 Å². The van der Waals surface area contributed by atoms with Crippen molar-refractivity contribution in [3.05, 3.63) is 11.6 Å². The molecule has 0 aliphatic carbocycles. The van der Waals surface area contributed by atoms with Gasteiger partial charge >= 0.3 is 5.97 Å². The molecule has 0 saturated carbocycles. The van der Waals surface area contributed by atoms with Crippen molar-refractivity contribution < 1.29 is 29.0 Å². The Morgan fingerprint density at radius 3 is 2.68 bits per heavy atom. The van der Waals surface area contributed by atoms with E-state index in [0.29, 0.717) is 24.8 Å². The summed E-state index contributed by atoms with van der Waals surface area (Å²) in [6.07, 6.45) is 2.57. The fraction of sp³-hybridized carbons (Fsp3) is 0.773. The summed E-state index contributed by atoms with van der Waals surface area (Å²) in [4.78, 5) is 38.4. The van der Waals surface area contributed by atoms with Crippen molar-refractivity contribution in [3.63, 3.8) is 0 Å². The number of rotatable bonds is 2. The molecule has 1 N–H and O–H groups in total. The van der Waals surface area contributed by atoms with Crippen LogP contribution in [-0.2, 0) is 23.9 Å². The SMILES string of the molecule is CCC[C@H]1C(=O)C2CC[C@@]3(C)C[C@H](C)[C@@H](O3)[C@H](O)C=C(C)C(=O)C[C@H]1OC2=O. The fourth-order valence-electron chi connectivity index (χ4n) is 5.05. The molecule has 4 heterocycles. The van der Waals surface area contributed by atoms with Gasteiger partial charge in [-0.15, -0.1) is 0 Å². The van der Waals surface area contributed by atoms with Gasteiger partial charge in [0.05, 0.1) is 23.7 Å². The number of fused-ring (bicyclic) bond motifs is 6. The van der Waals surface area contributed by atoms with Gasteiger partial charge < -0.3 is 14.6 Å². The Balaban J connectivity index is 1.97. The zero-order valence-electron chi connectivity index (χ0n) is 17.3. The molecule has 156 valence electrons. The predicted molar refractivity (Wildman–Crippen MR) is 102 cm³/mol. The van der Waals surface area contributed by atoms with Crippen LogP contribution in [0.3, 0.4) is 0 Å². The number of hydrogen-bond acceptors (Lipinski definition) is 6. The standard InChI is InChI=1S/C22H32O6/c1-5-6-14-18-10-16(23)12(2)9-17(24)20-13(3)11-22(4,28-20)8-7-15(19(14)25)21(26)27-18/h9,13-15,17-18,20,24H,5-8,10-11H2,1-4H3/t13-,14+,15?,17+,18+,20+,22-/m0/s1. The number of carbonyl (C=O) groups is 3. The highest BCUT2D eigenvalue weighted by Gasteiger charge is 2.48. The molecule has 1 unspecified atom stereocenters. The number of Topliss-reactive ketones (excluding diaryl/α,β-unsaturated/α-hetero) is 2. The second-order valence-corrected chi connectivity index (χ2v) is 9.05. The molecule has 6 nitrogen and oxygen atoms in total. The van der Waals surface area contributed by atoms with Crippen LogP contribution in [0.4, 0.5) is 0 Å². The van der Waals surface area contributed by atoms with Crippen LogP contribution in [0.15, 0.2) is 11.6 Å². The minimum absolute atomic E-state index is 0.0251. The quantitative estimate of drug-likeness (QED) is 0.574. The molecule has 4 aliphatic rings. The summed E-state index contributed by atoms with van der Waals surface area (Å²) >= 11 is 0. The molecule has 0 radical (unpaired) electrons. The van der Waals surface area contributed by atoms with Crippen molar-refractivity contribution in [2.75, 3.05) is 0 Å². The summed E-state index contributed by atoms with van der Waals surface area (Å²) in [5.41, 5.74) is -0.103. The zero-order chi connectivity index (χ0) is 20.6. The van der Waals surface area contributed by atoms with Crippen LogP contribution in [0, 0.1) is 17.8 Å². The molecule has 7 atom stereocenters. The number of aliphatic hydroxyl groups is 1. The Bertz CT molecular complexity index is 683. The number of ketones is 2. The second kappa shape index (κ2) is 8.07. The fourth-order valence-corrected chi connectivity index (χ4v) is 5.05. The van der Waals surface area contributed by atoms with Crippen LogP contribution < -0.4 is 0 Å². The number of aliphatic hydroxyl groups excluding tert-OH is 1. The molecule has 0 aromatic heterocycles. The van der Waals surface area contributed by atoms with Crippen LogP contribution in [0.5, 0.6) is 0 Å². The monoisotopic (exact) mass is 392 g/mol. The Morgan fingerprint density at radius 2 is 2.00 bits per heavy atom. The molecule has 6 heteroatoms. The lowest BCUT2D eigenvalue weighted by Crippen LogP contribution is -2.47. The Kier molecular flexibility index (Phi) is 6.11. The molecule has 0 aromatic rings. The molecule has 4 aliphatic heterocycles. The first-order valence-electron chi connectivity index (χ1n) is 10.5. The largest absolute Gasteiger partial charge is 0.461 e. The van der Waals surface area contributed by atoms with Gasteiger partial charge in [0.2, 0.25) is 0 Å². The van der Waals surface area contributed by atoms with Crippen molar-refractivity contribution in [3.8, 4) is 0 Å². The van der Waals surface area contributed by atoms with Crippen molar-refractivity contribution in [2.24, 2.45) is 17.8 Å². The van der Waals surface area contributed by atoms with Gasteiger partial charge in [0, 0.05) is 6.42 Å². The highest BCUT2D eigenvalue weighted by atomic mass is 16.5. The summed E-state index contributed by atoms with van der Waals surface area (Å²) in [5, 5.41) is 10.6. The highest BCUT2D eigenvalue weighted by molar-refractivity contribution is 6.03. The van der Waals surface area contributed by atoms with Gasteiger partial charge in [-0.1, -0.05) is 20.3 Å². The van der Waals surface area contributed by atoms with E-state index in [2.05, 4.69) is 0 Å². The van der Waals surface area contributed by atoms with E-state index in [1.54, 1.807) is 13.0 Å². The lowest BCUT2D eigenvalue weighted by molar-refractivity contribution is -0.172. The van der Waals surface area contributed by atoms with E-state index in [4.69, 9.17) is 9.47 Å². The van der Waals surface area contributed by atoms with E-state index >= 15 is 0 Å². The van der Waals surface area contributed by atoms with Crippen LogP contribution in [0.1, 0.15) is 66.2 Å². The number of ether oxygens (including phenoxy) is 2. The number of esters is 1. The molecule has 4 bridgehead atoms. The number of carbonyl (C=O) groups excluding carboxylic acids is 3. The van der Waals surface area contributed by atoms with E-state index in [-0.39, 0.29) is 23.9 Å². The average molecular weight is 392 g/mol. The lowest BCUT2D eigenvalue weighted by Gasteiger charge is -2.35. The third-order valence-corrected chi connectivity index (χ3v) is 6.59. The van der Waals surface area contributed by atoms with E-state index in [1.807, 2.05) is 20.8 Å². The Labute approximate surface area is 166 Å². The van der Waals surface area contributed by atoms with Crippen LogP contribution in [0.2, 0.25) is 0 Å². The summed E-state index contributed by atoms with van der Waals surface area (Å²) in [7, 11) is 0. The Hall–Kier alpha value is -1.53. The molecule has 2 saturated heterocycles.